The zero-order valence-electron chi connectivity index (χ0n) is 11.3. The highest BCUT2D eigenvalue weighted by molar-refractivity contribution is 8.00. The molecule has 1 aromatic carbocycles. The number of rotatable bonds is 9. The van der Waals surface area contributed by atoms with Crippen molar-refractivity contribution in [1.29, 1.82) is 0 Å². The molecule has 0 heterocycles. The number of nitrogens with two attached hydrogens (primary N) is 1. The van der Waals surface area contributed by atoms with Crippen LogP contribution in [0, 0.1) is 0 Å². The summed E-state index contributed by atoms with van der Waals surface area (Å²) in [5.41, 5.74) is 5.79. The molecule has 20 heavy (non-hydrogen) atoms. The fourth-order valence-corrected chi connectivity index (χ4v) is 2.16. The number of benzene rings is 1. The van der Waals surface area contributed by atoms with Crippen molar-refractivity contribution in [1.82, 2.24) is 5.32 Å². The number of carbonyl (C=O) groups is 2. The average Bonchev–Trinajstić information content (AvgIpc) is 2.42. The largest absolute Gasteiger partial charge is 0.383 e. The van der Waals surface area contributed by atoms with Crippen molar-refractivity contribution in [2.45, 2.75) is 4.90 Å². The van der Waals surface area contributed by atoms with Crippen molar-refractivity contribution in [3.05, 3.63) is 24.3 Å². The quantitative estimate of drug-likeness (QED) is 0.454. The van der Waals surface area contributed by atoms with E-state index in [9.17, 15) is 9.59 Å². The van der Waals surface area contributed by atoms with Crippen LogP contribution < -0.4 is 16.4 Å². The summed E-state index contributed by atoms with van der Waals surface area (Å²) in [6.07, 6.45) is 0. The van der Waals surface area contributed by atoms with Gasteiger partial charge in [-0.25, -0.2) is 0 Å². The Bertz CT molecular complexity index is 454. The maximum absolute atomic E-state index is 11.8. The number of nitrogens with one attached hydrogen (secondary N) is 2. The van der Waals surface area contributed by atoms with Crippen LogP contribution in [0.25, 0.3) is 0 Å². The third kappa shape index (κ3) is 6.55. The molecule has 4 N–H and O–H groups in total. The molecule has 0 aliphatic carbocycles. The number of methoxy groups -OCH3 is 1. The Morgan fingerprint density at radius 2 is 2.10 bits per heavy atom. The van der Waals surface area contributed by atoms with E-state index in [1.165, 1.54) is 11.8 Å². The van der Waals surface area contributed by atoms with Crippen LogP contribution in [0.3, 0.4) is 0 Å². The molecular formula is C13H19N3O3S. The Kier molecular flexibility index (Phi) is 7.71. The number of hydrogen-bond acceptors (Lipinski definition) is 5. The van der Waals surface area contributed by atoms with Gasteiger partial charge in [-0.2, -0.15) is 0 Å². The molecule has 1 aromatic rings. The highest BCUT2D eigenvalue weighted by Crippen LogP contribution is 2.26. The normalized spacial score (nSPS) is 10.2. The van der Waals surface area contributed by atoms with Crippen LogP contribution >= 0.6 is 11.8 Å². The van der Waals surface area contributed by atoms with Crippen LogP contribution in [-0.2, 0) is 14.3 Å². The summed E-state index contributed by atoms with van der Waals surface area (Å²) < 4.78 is 4.87. The number of carbonyl (C=O) groups excluding carboxylic acids is 2. The highest BCUT2D eigenvalue weighted by atomic mass is 32.2. The van der Waals surface area contributed by atoms with Crippen molar-refractivity contribution in [3.63, 3.8) is 0 Å². The fraction of sp³-hybridized carbons (Fsp3) is 0.385. The number of para-hydroxylation sites is 1. The molecule has 0 spiro atoms. The number of anilines is 1. The molecule has 2 amide bonds. The molecule has 110 valence electrons. The third-order valence-electron chi connectivity index (χ3n) is 2.30. The number of hydrogen-bond donors (Lipinski definition) is 3. The highest BCUT2D eigenvalue weighted by Gasteiger charge is 2.07. The van der Waals surface area contributed by atoms with Gasteiger partial charge >= 0.3 is 0 Å². The smallest absolute Gasteiger partial charge is 0.238 e. The molecule has 0 bridgehead atoms. The summed E-state index contributed by atoms with van der Waals surface area (Å²) in [5, 5.41) is 5.75. The topological polar surface area (TPSA) is 93.4 Å². The molecule has 0 unspecified atom stereocenters. The number of thioether (sulfide) groups is 1. The summed E-state index contributed by atoms with van der Waals surface area (Å²) in [6.45, 7) is 1.37. The SMILES string of the molecule is COCCNCC(=O)Nc1ccccc1SCC(N)=O. The predicted octanol–water partition coefficient (Wildman–Crippen LogP) is 0.438. The Hall–Kier alpha value is -1.57. The fourth-order valence-electron chi connectivity index (χ4n) is 1.42. The molecule has 0 fully saturated rings. The lowest BCUT2D eigenvalue weighted by Gasteiger charge is -2.10. The van der Waals surface area contributed by atoms with Crippen molar-refractivity contribution >= 4 is 29.3 Å². The maximum Gasteiger partial charge on any atom is 0.238 e. The molecule has 0 aliphatic heterocycles. The van der Waals surface area contributed by atoms with Gasteiger partial charge in [0.1, 0.15) is 0 Å². The first-order valence-electron chi connectivity index (χ1n) is 6.13. The van der Waals surface area contributed by atoms with Crippen molar-refractivity contribution in [2.24, 2.45) is 5.73 Å². The minimum absolute atomic E-state index is 0.145. The van der Waals surface area contributed by atoms with Gasteiger partial charge in [0, 0.05) is 18.6 Å². The molecule has 1 rings (SSSR count). The second-order valence-corrected chi connectivity index (χ2v) is 4.99. The van der Waals surface area contributed by atoms with E-state index in [4.69, 9.17) is 10.5 Å². The maximum atomic E-state index is 11.8. The van der Waals surface area contributed by atoms with E-state index in [1.54, 1.807) is 13.2 Å². The Balaban J connectivity index is 2.49. The standard InChI is InChI=1S/C13H19N3O3S/c1-19-7-6-15-8-13(18)16-10-4-2-3-5-11(10)20-9-12(14)17/h2-5,15H,6-9H2,1H3,(H2,14,17)(H,16,18). The molecule has 6 nitrogen and oxygen atoms in total. The number of amides is 2. The molecule has 0 atom stereocenters. The zero-order chi connectivity index (χ0) is 14.8. The third-order valence-corrected chi connectivity index (χ3v) is 3.40. The lowest BCUT2D eigenvalue weighted by atomic mass is 10.3. The van der Waals surface area contributed by atoms with Crippen LogP contribution in [0.5, 0.6) is 0 Å². The van der Waals surface area contributed by atoms with Gasteiger partial charge in [0.25, 0.3) is 0 Å². The summed E-state index contributed by atoms with van der Waals surface area (Å²) >= 11 is 1.30. The van der Waals surface area contributed by atoms with E-state index in [0.29, 0.717) is 18.8 Å². The lowest BCUT2D eigenvalue weighted by molar-refractivity contribution is -0.116. The van der Waals surface area contributed by atoms with Gasteiger partial charge in [-0.3, -0.25) is 9.59 Å². The van der Waals surface area contributed by atoms with E-state index >= 15 is 0 Å². The van der Waals surface area contributed by atoms with E-state index in [2.05, 4.69) is 10.6 Å². The molecular weight excluding hydrogens is 278 g/mol. The van der Waals surface area contributed by atoms with Crippen LogP contribution in [0.2, 0.25) is 0 Å². The molecule has 0 radical (unpaired) electrons. The molecule has 0 saturated carbocycles. The second-order valence-electron chi connectivity index (χ2n) is 3.97. The van der Waals surface area contributed by atoms with Crippen molar-refractivity contribution in [2.75, 3.05) is 37.9 Å². The van der Waals surface area contributed by atoms with Crippen molar-refractivity contribution in [3.8, 4) is 0 Å². The first-order chi connectivity index (χ1) is 9.63. The van der Waals surface area contributed by atoms with E-state index < -0.39 is 5.91 Å². The van der Waals surface area contributed by atoms with Gasteiger partial charge in [-0.15, -0.1) is 11.8 Å². The van der Waals surface area contributed by atoms with Crippen LogP contribution in [0.4, 0.5) is 5.69 Å². The van der Waals surface area contributed by atoms with Gasteiger partial charge in [-0.1, -0.05) is 12.1 Å². The van der Waals surface area contributed by atoms with Crippen LogP contribution in [-0.4, -0.2) is 44.4 Å². The molecule has 0 aliphatic rings. The Labute approximate surface area is 122 Å². The average molecular weight is 297 g/mol. The minimum atomic E-state index is -0.391. The zero-order valence-corrected chi connectivity index (χ0v) is 12.2. The van der Waals surface area contributed by atoms with Gasteiger partial charge in [0.15, 0.2) is 0 Å². The minimum Gasteiger partial charge on any atom is -0.383 e. The second kappa shape index (κ2) is 9.35. The molecule has 0 aromatic heterocycles. The lowest BCUT2D eigenvalue weighted by Crippen LogP contribution is -2.30. The van der Waals surface area contributed by atoms with Gasteiger partial charge in [0.2, 0.25) is 11.8 Å². The first-order valence-corrected chi connectivity index (χ1v) is 7.11. The van der Waals surface area contributed by atoms with Gasteiger partial charge < -0.3 is 21.1 Å². The molecule has 7 heteroatoms. The monoisotopic (exact) mass is 297 g/mol. The molecule has 0 saturated heterocycles. The first kappa shape index (κ1) is 16.5. The number of ether oxygens (including phenoxy) is 1. The van der Waals surface area contributed by atoms with Crippen LogP contribution in [0.15, 0.2) is 29.2 Å². The Morgan fingerprint density at radius 3 is 2.80 bits per heavy atom. The summed E-state index contributed by atoms with van der Waals surface area (Å²) in [7, 11) is 1.61. The Morgan fingerprint density at radius 1 is 1.35 bits per heavy atom. The van der Waals surface area contributed by atoms with E-state index in [1.807, 2.05) is 18.2 Å². The van der Waals surface area contributed by atoms with E-state index in [0.717, 1.165) is 4.90 Å². The van der Waals surface area contributed by atoms with Crippen LogP contribution in [0.1, 0.15) is 0 Å². The summed E-state index contributed by atoms with van der Waals surface area (Å²) in [5.74, 6) is -0.357. The predicted molar refractivity (Wildman–Crippen MR) is 79.7 cm³/mol. The summed E-state index contributed by atoms with van der Waals surface area (Å²) in [6, 6.07) is 7.29. The van der Waals surface area contributed by atoms with Gasteiger partial charge in [-0.05, 0) is 12.1 Å². The van der Waals surface area contributed by atoms with Gasteiger partial charge in [0.05, 0.1) is 24.6 Å². The van der Waals surface area contributed by atoms with E-state index in [-0.39, 0.29) is 18.2 Å². The van der Waals surface area contributed by atoms with Crippen molar-refractivity contribution < 1.29 is 14.3 Å². The summed E-state index contributed by atoms with van der Waals surface area (Å²) in [4.78, 5) is 23.4. The number of primary amides is 1.